The Balaban J connectivity index is 1.54. The van der Waals surface area contributed by atoms with Crippen LogP contribution in [0.15, 0.2) is 40.1 Å². The smallest absolute Gasteiger partial charge is 0.331 e. The number of rotatable bonds is 9. The highest BCUT2D eigenvalue weighted by Gasteiger charge is 2.27. The number of carbonyl (C=O) groups is 1. The third-order valence-electron chi connectivity index (χ3n) is 4.39. The fourth-order valence-electron chi connectivity index (χ4n) is 2.81. The number of hydrogen-bond donors (Lipinski definition) is 1. The zero-order valence-electron chi connectivity index (χ0n) is 16.1. The fourth-order valence-corrected chi connectivity index (χ4v) is 2.81. The summed E-state index contributed by atoms with van der Waals surface area (Å²) in [6.07, 6.45) is 2.91. The van der Waals surface area contributed by atoms with Crippen LogP contribution in [-0.4, -0.2) is 34.8 Å². The van der Waals surface area contributed by atoms with Crippen LogP contribution in [0.25, 0.3) is 0 Å². The molecule has 1 aliphatic rings. The predicted molar refractivity (Wildman–Crippen MR) is 104 cm³/mol. The van der Waals surface area contributed by atoms with Crippen LogP contribution in [0.2, 0.25) is 0 Å². The van der Waals surface area contributed by atoms with Crippen molar-refractivity contribution >= 4 is 5.91 Å². The Labute approximate surface area is 167 Å². The maximum Gasteiger partial charge on any atom is 0.331 e. The van der Waals surface area contributed by atoms with Gasteiger partial charge in [0.15, 0.2) is 0 Å². The standard InChI is InChI=1S/C20H22N4O5/c1-2-28-16-5-7-17(8-6-16)29-10-9-22-18(25)13-24-19(26)14(11-21)12-23(20(24)27)15-3-4-15/h5-8,12,15H,2-4,9-10,13H2,1H3,(H,22,25). The number of ether oxygens (including phenoxy) is 2. The number of hydrogen-bond acceptors (Lipinski definition) is 6. The van der Waals surface area contributed by atoms with Crippen LogP contribution in [-0.2, 0) is 11.3 Å². The molecule has 29 heavy (non-hydrogen) atoms. The molecule has 0 saturated heterocycles. The number of amides is 1. The molecule has 1 fully saturated rings. The molecule has 1 saturated carbocycles. The van der Waals surface area contributed by atoms with E-state index in [9.17, 15) is 14.4 Å². The van der Waals surface area contributed by atoms with Crippen LogP contribution >= 0.6 is 0 Å². The normalized spacial score (nSPS) is 12.8. The van der Waals surface area contributed by atoms with E-state index in [0.29, 0.717) is 12.4 Å². The van der Waals surface area contributed by atoms with Gasteiger partial charge in [0, 0.05) is 12.2 Å². The molecule has 0 radical (unpaired) electrons. The van der Waals surface area contributed by atoms with E-state index in [0.717, 1.165) is 23.2 Å². The monoisotopic (exact) mass is 398 g/mol. The van der Waals surface area contributed by atoms with Gasteiger partial charge in [-0.2, -0.15) is 5.26 Å². The van der Waals surface area contributed by atoms with Crippen molar-refractivity contribution in [2.45, 2.75) is 32.4 Å². The van der Waals surface area contributed by atoms with E-state index < -0.39 is 23.7 Å². The molecule has 9 heteroatoms. The highest BCUT2D eigenvalue weighted by molar-refractivity contribution is 5.75. The van der Waals surface area contributed by atoms with Crippen LogP contribution in [0.4, 0.5) is 0 Å². The topological polar surface area (TPSA) is 115 Å². The van der Waals surface area contributed by atoms with Gasteiger partial charge in [0.05, 0.1) is 13.2 Å². The Morgan fingerprint density at radius 3 is 2.45 bits per heavy atom. The maximum absolute atomic E-state index is 12.5. The first-order valence-electron chi connectivity index (χ1n) is 9.42. The van der Waals surface area contributed by atoms with Gasteiger partial charge in [0.25, 0.3) is 5.56 Å². The molecule has 2 aromatic rings. The van der Waals surface area contributed by atoms with Crippen molar-refractivity contribution in [3.8, 4) is 17.6 Å². The minimum absolute atomic E-state index is 0.00738. The first-order valence-corrected chi connectivity index (χ1v) is 9.42. The van der Waals surface area contributed by atoms with Gasteiger partial charge in [0.1, 0.15) is 36.3 Å². The van der Waals surface area contributed by atoms with Gasteiger partial charge in [-0.3, -0.25) is 14.2 Å². The zero-order chi connectivity index (χ0) is 20.8. The van der Waals surface area contributed by atoms with Gasteiger partial charge in [0.2, 0.25) is 5.91 Å². The van der Waals surface area contributed by atoms with Gasteiger partial charge in [-0.15, -0.1) is 0 Å². The molecule has 3 rings (SSSR count). The van der Waals surface area contributed by atoms with Crippen LogP contribution in [0.1, 0.15) is 31.4 Å². The molecule has 0 aliphatic heterocycles. The van der Waals surface area contributed by atoms with E-state index in [-0.39, 0.29) is 24.8 Å². The number of carbonyl (C=O) groups excluding carboxylic acids is 1. The zero-order valence-corrected chi connectivity index (χ0v) is 16.1. The summed E-state index contributed by atoms with van der Waals surface area (Å²) in [6.45, 7) is 2.47. The van der Waals surface area contributed by atoms with Crippen molar-refractivity contribution < 1.29 is 14.3 Å². The average molecular weight is 398 g/mol. The van der Waals surface area contributed by atoms with E-state index in [1.165, 1.54) is 10.8 Å². The predicted octanol–water partition coefficient (Wildman–Crippen LogP) is 0.810. The van der Waals surface area contributed by atoms with Gasteiger partial charge < -0.3 is 14.8 Å². The van der Waals surface area contributed by atoms with E-state index in [1.807, 2.05) is 6.92 Å². The Morgan fingerprint density at radius 2 is 1.86 bits per heavy atom. The quantitative estimate of drug-likeness (QED) is 0.625. The summed E-state index contributed by atoms with van der Waals surface area (Å²) in [5.41, 5.74) is -1.48. The van der Waals surface area contributed by atoms with E-state index in [1.54, 1.807) is 30.3 Å². The Morgan fingerprint density at radius 1 is 1.21 bits per heavy atom. The number of aromatic nitrogens is 2. The van der Waals surface area contributed by atoms with Crippen LogP contribution in [0, 0.1) is 11.3 Å². The number of nitriles is 1. The molecule has 1 aromatic carbocycles. The van der Waals surface area contributed by atoms with Crippen molar-refractivity contribution in [3.63, 3.8) is 0 Å². The highest BCUT2D eigenvalue weighted by Crippen LogP contribution is 2.33. The molecule has 1 aliphatic carbocycles. The molecular weight excluding hydrogens is 376 g/mol. The summed E-state index contributed by atoms with van der Waals surface area (Å²) < 4.78 is 13.1. The molecule has 1 heterocycles. The lowest BCUT2D eigenvalue weighted by atomic mass is 10.3. The minimum atomic E-state index is -0.754. The lowest BCUT2D eigenvalue weighted by molar-refractivity contribution is -0.121. The molecular formula is C20H22N4O5. The lowest BCUT2D eigenvalue weighted by Gasteiger charge is -2.11. The van der Waals surface area contributed by atoms with Crippen LogP contribution in [0.5, 0.6) is 11.5 Å². The fraction of sp³-hybridized carbons (Fsp3) is 0.400. The van der Waals surface area contributed by atoms with Crippen molar-refractivity contribution in [1.29, 1.82) is 5.26 Å². The van der Waals surface area contributed by atoms with Gasteiger partial charge >= 0.3 is 5.69 Å². The van der Waals surface area contributed by atoms with Crippen LogP contribution < -0.4 is 26.0 Å². The third-order valence-corrected chi connectivity index (χ3v) is 4.39. The molecule has 0 atom stereocenters. The van der Waals surface area contributed by atoms with Gasteiger partial charge in [-0.05, 0) is 44.0 Å². The summed E-state index contributed by atoms with van der Waals surface area (Å²) in [6, 6.07) is 8.89. The Bertz CT molecular complexity index is 1030. The van der Waals surface area contributed by atoms with Gasteiger partial charge in [-0.1, -0.05) is 0 Å². The Hall–Kier alpha value is -3.54. The van der Waals surface area contributed by atoms with Crippen molar-refractivity contribution in [3.05, 3.63) is 56.9 Å². The summed E-state index contributed by atoms with van der Waals surface area (Å²) >= 11 is 0. The maximum atomic E-state index is 12.5. The molecule has 0 unspecified atom stereocenters. The molecule has 1 amide bonds. The number of benzene rings is 1. The largest absolute Gasteiger partial charge is 0.494 e. The number of nitrogens with one attached hydrogen (secondary N) is 1. The van der Waals surface area contributed by atoms with E-state index in [2.05, 4.69) is 5.32 Å². The summed E-state index contributed by atoms with van der Waals surface area (Å²) in [5, 5.41) is 11.7. The number of nitrogens with zero attached hydrogens (tertiary/aromatic N) is 3. The minimum Gasteiger partial charge on any atom is -0.494 e. The molecule has 0 bridgehead atoms. The second kappa shape index (κ2) is 9.10. The van der Waals surface area contributed by atoms with E-state index >= 15 is 0 Å². The lowest BCUT2D eigenvalue weighted by Crippen LogP contribution is -2.44. The average Bonchev–Trinajstić information content (AvgIpc) is 3.55. The molecule has 9 nitrogen and oxygen atoms in total. The summed E-state index contributed by atoms with van der Waals surface area (Å²) in [7, 11) is 0. The first kappa shape index (κ1) is 20.2. The Kier molecular flexibility index (Phi) is 6.34. The highest BCUT2D eigenvalue weighted by atomic mass is 16.5. The third kappa shape index (κ3) is 5.04. The molecule has 1 N–H and O–H groups in total. The SMILES string of the molecule is CCOc1ccc(OCCNC(=O)Cn2c(=O)c(C#N)cn(C3CC3)c2=O)cc1. The van der Waals surface area contributed by atoms with Crippen LogP contribution in [0.3, 0.4) is 0 Å². The first-order chi connectivity index (χ1) is 14.0. The molecule has 1 aromatic heterocycles. The molecule has 0 spiro atoms. The second-order valence-corrected chi connectivity index (χ2v) is 6.57. The van der Waals surface area contributed by atoms with Crippen molar-refractivity contribution in [2.24, 2.45) is 0 Å². The van der Waals surface area contributed by atoms with Gasteiger partial charge in [-0.25, -0.2) is 9.36 Å². The summed E-state index contributed by atoms with van der Waals surface area (Å²) in [4.78, 5) is 36.9. The molecule has 152 valence electrons. The summed E-state index contributed by atoms with van der Waals surface area (Å²) in [5.74, 6) is 0.875. The second-order valence-electron chi connectivity index (χ2n) is 6.57. The van der Waals surface area contributed by atoms with Crippen molar-refractivity contribution in [1.82, 2.24) is 14.5 Å². The van der Waals surface area contributed by atoms with E-state index in [4.69, 9.17) is 14.7 Å². The van der Waals surface area contributed by atoms with Crippen molar-refractivity contribution in [2.75, 3.05) is 19.8 Å².